The van der Waals surface area contributed by atoms with Gasteiger partial charge in [0.15, 0.2) is 0 Å². The van der Waals surface area contributed by atoms with Crippen molar-refractivity contribution in [2.45, 2.75) is 53.5 Å². The first-order chi connectivity index (χ1) is 6.02. The maximum absolute atomic E-state index is 5.56. The summed E-state index contributed by atoms with van der Waals surface area (Å²) in [7, 11) is -1.42. The molecule has 2 nitrogen and oxygen atoms in total. The normalized spacial score (nSPS) is 11.1. The summed E-state index contributed by atoms with van der Waals surface area (Å²) in [5, 5.41) is 0.214. The Labute approximate surface area is 85.5 Å². The molecule has 13 heavy (non-hydrogen) atoms. The molecule has 3 heteroatoms. The zero-order valence-corrected chi connectivity index (χ0v) is 11.5. The first kappa shape index (κ1) is 15.6. The molecule has 0 unspecified atom stereocenters. The third kappa shape index (κ3) is 8.47. The van der Waals surface area contributed by atoms with E-state index >= 15 is 0 Å². The van der Waals surface area contributed by atoms with Crippen LogP contribution in [0.2, 0.25) is 5.04 Å². The van der Waals surface area contributed by atoms with Crippen molar-refractivity contribution in [2.24, 2.45) is 0 Å². The molecule has 0 saturated heterocycles. The van der Waals surface area contributed by atoms with Crippen molar-refractivity contribution in [3.8, 4) is 0 Å². The van der Waals surface area contributed by atoms with Crippen LogP contribution in [0.25, 0.3) is 0 Å². The molecule has 0 bridgehead atoms. The maximum atomic E-state index is 5.56. The fourth-order valence-corrected chi connectivity index (χ4v) is 2.55. The molecule has 0 atom stereocenters. The third-order valence-corrected chi connectivity index (χ3v) is 4.03. The van der Waals surface area contributed by atoms with Crippen LogP contribution in [0.1, 0.15) is 48.5 Å². The van der Waals surface area contributed by atoms with Crippen LogP contribution in [0.5, 0.6) is 0 Å². The van der Waals surface area contributed by atoms with Gasteiger partial charge in [-0.15, -0.1) is 0 Å². The molecule has 0 amide bonds. The Balaban J connectivity index is 0. The van der Waals surface area contributed by atoms with Gasteiger partial charge in [-0.1, -0.05) is 34.6 Å². The smallest absolute Gasteiger partial charge is 0.326 e. The second kappa shape index (κ2) is 8.72. The summed E-state index contributed by atoms with van der Waals surface area (Å²) in [4.78, 5) is 0. The van der Waals surface area contributed by atoms with Gasteiger partial charge in [-0.3, -0.25) is 0 Å². The molecule has 0 aromatic heterocycles. The molecule has 0 aromatic carbocycles. The van der Waals surface area contributed by atoms with Crippen molar-refractivity contribution in [1.82, 2.24) is 0 Å². The van der Waals surface area contributed by atoms with E-state index in [2.05, 4.69) is 20.8 Å². The van der Waals surface area contributed by atoms with Crippen molar-refractivity contribution >= 4 is 9.28 Å². The van der Waals surface area contributed by atoms with Crippen LogP contribution in [-0.2, 0) is 8.85 Å². The predicted molar refractivity (Wildman–Crippen MR) is 61.5 cm³/mol. The summed E-state index contributed by atoms with van der Waals surface area (Å²) < 4.78 is 11.1. The first-order valence-corrected chi connectivity index (χ1v) is 6.77. The van der Waals surface area contributed by atoms with Gasteiger partial charge in [-0.2, -0.15) is 0 Å². The average molecular weight is 206 g/mol. The molecule has 0 N–H and O–H groups in total. The van der Waals surface area contributed by atoms with Crippen molar-refractivity contribution in [2.75, 3.05) is 13.2 Å². The van der Waals surface area contributed by atoms with Gasteiger partial charge in [0.2, 0.25) is 0 Å². The summed E-state index contributed by atoms with van der Waals surface area (Å²) >= 11 is 0. The van der Waals surface area contributed by atoms with E-state index in [1.54, 1.807) is 0 Å². The second-order valence-electron chi connectivity index (χ2n) is 3.61. The highest BCUT2D eigenvalue weighted by atomic mass is 28.3. The molecule has 0 saturated carbocycles. The minimum absolute atomic E-state index is 0.214. The van der Waals surface area contributed by atoms with E-state index in [9.17, 15) is 0 Å². The van der Waals surface area contributed by atoms with Crippen molar-refractivity contribution in [1.29, 1.82) is 0 Å². The van der Waals surface area contributed by atoms with Gasteiger partial charge in [0.05, 0.1) is 0 Å². The van der Waals surface area contributed by atoms with Gasteiger partial charge in [-0.25, -0.2) is 0 Å². The number of hydrogen-bond donors (Lipinski definition) is 0. The maximum Gasteiger partial charge on any atom is 0.326 e. The highest BCUT2D eigenvalue weighted by Gasteiger charge is 2.28. The Hall–Kier alpha value is 0.137. The number of rotatable bonds is 4. The highest BCUT2D eigenvalue weighted by Crippen LogP contribution is 2.27. The van der Waals surface area contributed by atoms with Gasteiger partial charge in [0.1, 0.15) is 0 Å². The summed E-state index contributed by atoms with van der Waals surface area (Å²) in [5.41, 5.74) is 0. The van der Waals surface area contributed by atoms with E-state index in [0.717, 1.165) is 13.2 Å². The summed E-state index contributed by atoms with van der Waals surface area (Å²) in [5.74, 6) is 0. The second-order valence-corrected chi connectivity index (χ2v) is 6.67. The lowest BCUT2D eigenvalue weighted by atomic mass is 10.3. The fourth-order valence-electron chi connectivity index (χ4n) is 0.851. The van der Waals surface area contributed by atoms with E-state index in [-0.39, 0.29) is 5.04 Å². The molecule has 82 valence electrons. The van der Waals surface area contributed by atoms with E-state index < -0.39 is 9.28 Å². The van der Waals surface area contributed by atoms with Crippen LogP contribution in [0.15, 0.2) is 0 Å². The Kier molecular flexibility index (Phi) is 10.5. The SMILES string of the molecule is CC.CCO[SiH](OCC)C(C)(C)C. The summed E-state index contributed by atoms with van der Waals surface area (Å²) in [6.07, 6.45) is 0. The van der Waals surface area contributed by atoms with Crippen LogP contribution in [0.4, 0.5) is 0 Å². The van der Waals surface area contributed by atoms with E-state index in [1.165, 1.54) is 0 Å². The molecule has 0 aliphatic carbocycles. The molecular formula is C10H26O2Si. The van der Waals surface area contributed by atoms with Gasteiger partial charge in [-0.05, 0) is 13.8 Å². The van der Waals surface area contributed by atoms with Crippen LogP contribution < -0.4 is 0 Å². The molecule has 0 radical (unpaired) electrons. The highest BCUT2D eigenvalue weighted by molar-refractivity contribution is 6.48. The average Bonchev–Trinajstić information content (AvgIpc) is 2.06. The molecule has 0 heterocycles. The number of hydrogen-bond acceptors (Lipinski definition) is 2. The predicted octanol–water partition coefficient (Wildman–Crippen LogP) is 3.11. The van der Waals surface area contributed by atoms with Gasteiger partial charge in [0.25, 0.3) is 0 Å². The lowest BCUT2D eigenvalue weighted by molar-refractivity contribution is 0.193. The minimum atomic E-state index is -1.42. The van der Waals surface area contributed by atoms with Crippen molar-refractivity contribution in [3.05, 3.63) is 0 Å². The zero-order chi connectivity index (χ0) is 10.9. The minimum Gasteiger partial charge on any atom is -0.397 e. The Morgan fingerprint density at radius 1 is 0.923 bits per heavy atom. The van der Waals surface area contributed by atoms with E-state index in [0.29, 0.717) is 0 Å². The molecule has 0 fully saturated rings. The zero-order valence-electron chi connectivity index (χ0n) is 10.3. The molecule has 0 rings (SSSR count). The Bertz CT molecular complexity index is 93.6. The van der Waals surface area contributed by atoms with Crippen LogP contribution in [0.3, 0.4) is 0 Å². The van der Waals surface area contributed by atoms with Crippen LogP contribution in [0, 0.1) is 0 Å². The van der Waals surface area contributed by atoms with Crippen molar-refractivity contribution in [3.63, 3.8) is 0 Å². The molecule has 0 spiro atoms. The fraction of sp³-hybridized carbons (Fsp3) is 1.00. The van der Waals surface area contributed by atoms with Crippen molar-refractivity contribution < 1.29 is 8.85 Å². The Morgan fingerprint density at radius 3 is 1.38 bits per heavy atom. The summed E-state index contributed by atoms with van der Waals surface area (Å²) in [6.45, 7) is 16.1. The Morgan fingerprint density at radius 2 is 1.23 bits per heavy atom. The standard InChI is InChI=1S/C8H20O2Si.C2H6/c1-6-9-11(10-7-2)8(3,4)5;1-2/h11H,6-7H2,1-5H3;1-2H3. The molecular weight excluding hydrogens is 180 g/mol. The van der Waals surface area contributed by atoms with Gasteiger partial charge in [0, 0.05) is 18.3 Å². The monoisotopic (exact) mass is 206 g/mol. The molecule has 0 aromatic rings. The van der Waals surface area contributed by atoms with Crippen LogP contribution >= 0.6 is 0 Å². The topological polar surface area (TPSA) is 18.5 Å². The first-order valence-electron chi connectivity index (χ1n) is 5.25. The molecule has 0 aliphatic heterocycles. The van der Waals surface area contributed by atoms with Gasteiger partial charge >= 0.3 is 9.28 Å². The lowest BCUT2D eigenvalue weighted by Gasteiger charge is -2.27. The third-order valence-electron chi connectivity index (χ3n) is 1.34. The largest absolute Gasteiger partial charge is 0.397 e. The quantitative estimate of drug-likeness (QED) is 0.658. The van der Waals surface area contributed by atoms with E-state index in [4.69, 9.17) is 8.85 Å². The summed E-state index contributed by atoms with van der Waals surface area (Å²) in [6, 6.07) is 0. The van der Waals surface area contributed by atoms with Crippen LogP contribution in [-0.4, -0.2) is 22.5 Å². The molecule has 0 aliphatic rings. The van der Waals surface area contributed by atoms with E-state index in [1.807, 2.05) is 27.7 Å². The van der Waals surface area contributed by atoms with Gasteiger partial charge < -0.3 is 8.85 Å². The lowest BCUT2D eigenvalue weighted by Crippen LogP contribution is -2.33.